The van der Waals surface area contributed by atoms with E-state index in [2.05, 4.69) is 33.0 Å². The summed E-state index contributed by atoms with van der Waals surface area (Å²) in [6, 6.07) is 5.49. The fourth-order valence-corrected chi connectivity index (χ4v) is 2.17. The Morgan fingerprint density at radius 1 is 1.22 bits per heavy atom. The predicted octanol–water partition coefficient (Wildman–Crippen LogP) is 4.47. The van der Waals surface area contributed by atoms with Crippen LogP contribution in [0, 0.1) is 24.6 Å². The molecule has 2 unspecified atom stereocenters. The second kappa shape index (κ2) is 6.89. The summed E-state index contributed by atoms with van der Waals surface area (Å²) < 4.78 is 14.0. The van der Waals surface area contributed by atoms with Crippen LogP contribution in [0.3, 0.4) is 0 Å². The summed E-state index contributed by atoms with van der Waals surface area (Å²) in [6.45, 7) is 11.7. The van der Waals surface area contributed by atoms with E-state index in [4.69, 9.17) is 0 Å². The van der Waals surface area contributed by atoms with Crippen LogP contribution in [0.1, 0.15) is 51.3 Å². The van der Waals surface area contributed by atoms with E-state index in [1.54, 1.807) is 6.07 Å². The quantitative estimate of drug-likeness (QED) is 0.786. The van der Waals surface area contributed by atoms with Crippen LogP contribution in [0.15, 0.2) is 18.2 Å². The molecule has 0 radical (unpaired) electrons. The van der Waals surface area contributed by atoms with Gasteiger partial charge in [0.1, 0.15) is 5.82 Å². The minimum absolute atomic E-state index is 0.0956. The van der Waals surface area contributed by atoms with Gasteiger partial charge in [0.15, 0.2) is 0 Å². The molecule has 1 N–H and O–H groups in total. The van der Waals surface area contributed by atoms with E-state index < -0.39 is 0 Å². The number of benzene rings is 1. The molecule has 2 heteroatoms. The Bertz CT molecular complexity index is 373. The molecule has 2 atom stereocenters. The van der Waals surface area contributed by atoms with Gasteiger partial charge in [0.05, 0.1) is 0 Å². The predicted molar refractivity (Wildman–Crippen MR) is 76.2 cm³/mol. The molecule has 0 aromatic heterocycles. The molecule has 1 nitrogen and oxygen atoms in total. The van der Waals surface area contributed by atoms with E-state index >= 15 is 0 Å². The summed E-state index contributed by atoms with van der Waals surface area (Å²) in [5.41, 5.74) is 1.93. The van der Waals surface area contributed by atoms with Crippen LogP contribution in [0.5, 0.6) is 0 Å². The monoisotopic (exact) mass is 251 g/mol. The fraction of sp³-hybridized carbons (Fsp3) is 0.625. The van der Waals surface area contributed by atoms with Crippen LogP contribution in [0.4, 0.5) is 4.39 Å². The lowest BCUT2D eigenvalue weighted by atomic mass is 9.85. The maximum Gasteiger partial charge on any atom is 0.128 e. The smallest absolute Gasteiger partial charge is 0.128 e. The van der Waals surface area contributed by atoms with Gasteiger partial charge in [-0.3, -0.25) is 0 Å². The Hall–Kier alpha value is -0.890. The minimum atomic E-state index is -0.0956. The van der Waals surface area contributed by atoms with Gasteiger partial charge in [0.25, 0.3) is 0 Å². The first kappa shape index (κ1) is 15.2. The molecule has 0 aliphatic rings. The maximum absolute atomic E-state index is 14.0. The third-order valence-corrected chi connectivity index (χ3v) is 3.68. The lowest BCUT2D eigenvalue weighted by Crippen LogP contribution is -2.31. The van der Waals surface area contributed by atoms with Crippen LogP contribution >= 0.6 is 0 Å². The third kappa shape index (κ3) is 3.81. The number of hydrogen-bond donors (Lipinski definition) is 1. The van der Waals surface area contributed by atoms with E-state index in [-0.39, 0.29) is 11.9 Å². The number of hydrogen-bond acceptors (Lipinski definition) is 1. The highest BCUT2D eigenvalue weighted by molar-refractivity contribution is 5.27. The van der Waals surface area contributed by atoms with E-state index in [1.165, 1.54) is 0 Å². The van der Waals surface area contributed by atoms with Gasteiger partial charge in [-0.2, -0.15) is 0 Å². The number of aryl methyl sites for hydroxylation is 1. The summed E-state index contributed by atoms with van der Waals surface area (Å²) in [4.78, 5) is 0. The largest absolute Gasteiger partial charge is 0.310 e. The van der Waals surface area contributed by atoms with Gasteiger partial charge in [-0.1, -0.05) is 45.4 Å². The van der Waals surface area contributed by atoms with Crippen LogP contribution in [-0.4, -0.2) is 6.54 Å². The maximum atomic E-state index is 14.0. The summed E-state index contributed by atoms with van der Waals surface area (Å²) in [6.07, 6.45) is 1.06. The highest BCUT2D eigenvalue weighted by atomic mass is 19.1. The molecule has 102 valence electrons. The van der Waals surface area contributed by atoms with Crippen molar-refractivity contribution in [2.45, 2.75) is 47.1 Å². The molecule has 0 saturated heterocycles. The molecule has 0 heterocycles. The first-order valence-corrected chi connectivity index (χ1v) is 6.96. The summed E-state index contributed by atoms with van der Waals surface area (Å²) in [7, 11) is 0. The molecule has 0 spiro atoms. The van der Waals surface area contributed by atoms with Crippen LogP contribution in [-0.2, 0) is 0 Å². The van der Waals surface area contributed by atoms with Crippen molar-refractivity contribution in [3.05, 3.63) is 35.1 Å². The minimum Gasteiger partial charge on any atom is -0.310 e. The van der Waals surface area contributed by atoms with Crippen molar-refractivity contribution in [2.24, 2.45) is 11.8 Å². The van der Waals surface area contributed by atoms with Crippen LogP contribution in [0.25, 0.3) is 0 Å². The van der Waals surface area contributed by atoms with Crippen molar-refractivity contribution in [2.75, 3.05) is 6.54 Å². The van der Waals surface area contributed by atoms with E-state index in [0.29, 0.717) is 11.8 Å². The molecule has 18 heavy (non-hydrogen) atoms. The average Bonchev–Trinajstić information content (AvgIpc) is 2.33. The van der Waals surface area contributed by atoms with E-state index in [1.807, 2.05) is 19.1 Å². The van der Waals surface area contributed by atoms with Crippen molar-refractivity contribution in [3.8, 4) is 0 Å². The van der Waals surface area contributed by atoms with Gasteiger partial charge in [-0.15, -0.1) is 0 Å². The topological polar surface area (TPSA) is 12.0 Å². The number of rotatable bonds is 6. The molecule has 0 aliphatic heterocycles. The zero-order chi connectivity index (χ0) is 13.7. The normalized spacial score (nSPS) is 14.8. The Labute approximate surface area is 111 Å². The first-order valence-electron chi connectivity index (χ1n) is 6.96. The second-order valence-electron chi connectivity index (χ2n) is 5.56. The van der Waals surface area contributed by atoms with Crippen molar-refractivity contribution in [1.29, 1.82) is 0 Å². The van der Waals surface area contributed by atoms with Gasteiger partial charge >= 0.3 is 0 Å². The molecule has 1 rings (SSSR count). The third-order valence-electron chi connectivity index (χ3n) is 3.68. The molecule has 0 saturated carbocycles. The Kier molecular flexibility index (Phi) is 5.80. The standard InChI is InChI=1S/C16H26FN/c1-6-9-18-16(13(5)11(2)3)14-10-12(4)7-8-15(14)17/h7-8,10-11,13,16,18H,6,9H2,1-5H3. The Morgan fingerprint density at radius 3 is 2.44 bits per heavy atom. The Balaban J connectivity index is 3.04. The average molecular weight is 251 g/mol. The molecular formula is C16H26FN. The zero-order valence-corrected chi connectivity index (χ0v) is 12.3. The number of halogens is 1. The molecule has 1 aromatic rings. The SMILES string of the molecule is CCCNC(c1cc(C)ccc1F)C(C)C(C)C. The lowest BCUT2D eigenvalue weighted by Gasteiger charge is -2.29. The van der Waals surface area contributed by atoms with E-state index in [9.17, 15) is 4.39 Å². The van der Waals surface area contributed by atoms with Gasteiger partial charge in [-0.25, -0.2) is 4.39 Å². The van der Waals surface area contributed by atoms with Crippen LogP contribution in [0.2, 0.25) is 0 Å². The second-order valence-corrected chi connectivity index (χ2v) is 5.56. The summed E-state index contributed by atoms with van der Waals surface area (Å²) in [5.74, 6) is 0.842. The highest BCUT2D eigenvalue weighted by Gasteiger charge is 2.23. The summed E-state index contributed by atoms with van der Waals surface area (Å²) in [5, 5.41) is 3.49. The van der Waals surface area contributed by atoms with Gasteiger partial charge in [-0.05, 0) is 37.8 Å². The Morgan fingerprint density at radius 2 is 1.89 bits per heavy atom. The van der Waals surface area contributed by atoms with Crippen LogP contribution < -0.4 is 5.32 Å². The highest BCUT2D eigenvalue weighted by Crippen LogP contribution is 2.30. The molecule has 0 bridgehead atoms. The fourth-order valence-electron chi connectivity index (χ4n) is 2.17. The molecule has 0 fully saturated rings. The first-order chi connectivity index (χ1) is 8.47. The van der Waals surface area contributed by atoms with Crippen molar-refractivity contribution < 1.29 is 4.39 Å². The lowest BCUT2D eigenvalue weighted by molar-refractivity contribution is 0.297. The van der Waals surface area contributed by atoms with Gasteiger partial charge in [0, 0.05) is 11.6 Å². The molecule has 0 aliphatic carbocycles. The van der Waals surface area contributed by atoms with Crippen molar-refractivity contribution in [1.82, 2.24) is 5.32 Å². The molecule has 0 amide bonds. The van der Waals surface area contributed by atoms with Crippen molar-refractivity contribution >= 4 is 0 Å². The molecular weight excluding hydrogens is 225 g/mol. The van der Waals surface area contributed by atoms with Gasteiger partial charge in [0.2, 0.25) is 0 Å². The van der Waals surface area contributed by atoms with E-state index in [0.717, 1.165) is 24.1 Å². The zero-order valence-electron chi connectivity index (χ0n) is 12.3. The van der Waals surface area contributed by atoms with Crippen molar-refractivity contribution in [3.63, 3.8) is 0 Å². The molecule has 1 aromatic carbocycles. The number of nitrogens with one attached hydrogen (secondary N) is 1. The van der Waals surface area contributed by atoms with Gasteiger partial charge < -0.3 is 5.32 Å². The summed E-state index contributed by atoms with van der Waals surface area (Å²) >= 11 is 0.